The highest BCUT2D eigenvalue weighted by molar-refractivity contribution is 5.98. The van der Waals surface area contributed by atoms with E-state index in [-0.39, 0.29) is 22.3 Å². The lowest BCUT2D eigenvalue weighted by molar-refractivity contribution is -0.189. The van der Waals surface area contributed by atoms with Crippen LogP contribution in [-0.4, -0.2) is 17.5 Å². The fourth-order valence-corrected chi connectivity index (χ4v) is 4.36. The van der Waals surface area contributed by atoms with Crippen molar-refractivity contribution >= 4 is 5.78 Å². The van der Waals surface area contributed by atoms with Crippen LogP contribution in [0.1, 0.15) is 33.6 Å². The quantitative estimate of drug-likeness (QED) is 0.512. The summed E-state index contributed by atoms with van der Waals surface area (Å²) in [6, 6.07) is 0. The molecule has 1 heterocycles. The molecule has 2 nitrogen and oxygen atoms in total. The molecule has 4 fully saturated rings. The second-order valence-corrected chi connectivity index (χ2v) is 5.99. The molecule has 4 aliphatic rings. The van der Waals surface area contributed by atoms with Crippen molar-refractivity contribution in [2.24, 2.45) is 16.7 Å². The van der Waals surface area contributed by atoms with Gasteiger partial charge in [-0.2, -0.15) is 0 Å². The molecule has 0 spiro atoms. The van der Waals surface area contributed by atoms with Gasteiger partial charge in [0.25, 0.3) is 0 Å². The Hall–Kier alpha value is -0.630. The summed E-state index contributed by atoms with van der Waals surface area (Å²) in [6.07, 6.45) is 3.91. The van der Waals surface area contributed by atoms with E-state index in [0.717, 1.165) is 12.8 Å². The predicted molar refractivity (Wildman–Crippen MR) is 57.4 cm³/mol. The SMILES string of the molecule is C=CC[C@]12C(=O)[C@H](C[C@@H]3O[C@@]31C)C2(C)C. The number of rotatable bonds is 2. The number of hydrogen-bond donors (Lipinski definition) is 0. The van der Waals surface area contributed by atoms with E-state index in [1.165, 1.54) is 0 Å². The Balaban J connectivity index is 2.13. The normalized spacial score (nSPS) is 54.2. The summed E-state index contributed by atoms with van der Waals surface area (Å²) >= 11 is 0. The minimum absolute atomic E-state index is 0.0834. The van der Waals surface area contributed by atoms with Gasteiger partial charge >= 0.3 is 0 Å². The van der Waals surface area contributed by atoms with Gasteiger partial charge in [-0.05, 0) is 25.2 Å². The number of hydrogen-bond acceptors (Lipinski definition) is 2. The first-order valence-electron chi connectivity index (χ1n) is 5.75. The van der Waals surface area contributed by atoms with Crippen LogP contribution >= 0.6 is 0 Å². The van der Waals surface area contributed by atoms with Crippen LogP contribution in [0.5, 0.6) is 0 Å². The first-order valence-corrected chi connectivity index (χ1v) is 5.75. The van der Waals surface area contributed by atoms with Gasteiger partial charge in [0, 0.05) is 5.92 Å². The van der Waals surface area contributed by atoms with E-state index < -0.39 is 0 Å². The molecular weight excluding hydrogens is 188 g/mol. The molecule has 3 saturated carbocycles. The lowest BCUT2D eigenvalue weighted by Crippen LogP contribution is -2.72. The number of carbonyl (C=O) groups excluding carboxylic acids is 1. The zero-order valence-electron chi connectivity index (χ0n) is 9.67. The number of allylic oxidation sites excluding steroid dienone is 1. The summed E-state index contributed by atoms with van der Waals surface area (Å²) in [5.41, 5.74) is -0.397. The van der Waals surface area contributed by atoms with E-state index in [1.807, 2.05) is 6.08 Å². The zero-order valence-corrected chi connectivity index (χ0v) is 9.67. The molecule has 4 rings (SSSR count). The minimum atomic E-state index is -0.282. The minimum Gasteiger partial charge on any atom is -0.365 e. The number of Topliss-reactive ketones (excluding diaryl/α,β-unsaturated/α-hetero) is 1. The Morgan fingerprint density at radius 1 is 1.53 bits per heavy atom. The van der Waals surface area contributed by atoms with Crippen LogP contribution in [-0.2, 0) is 9.53 Å². The monoisotopic (exact) mass is 206 g/mol. The Bertz CT molecular complexity index is 364. The highest BCUT2D eigenvalue weighted by atomic mass is 16.6. The molecule has 82 valence electrons. The largest absolute Gasteiger partial charge is 0.365 e. The molecule has 0 aromatic rings. The van der Waals surface area contributed by atoms with Crippen LogP contribution in [0.25, 0.3) is 0 Å². The Morgan fingerprint density at radius 3 is 2.73 bits per heavy atom. The third-order valence-electron chi connectivity index (χ3n) is 5.40. The Labute approximate surface area is 90.7 Å². The van der Waals surface area contributed by atoms with Crippen molar-refractivity contribution in [3.63, 3.8) is 0 Å². The zero-order chi connectivity index (χ0) is 11.1. The van der Waals surface area contributed by atoms with Crippen molar-refractivity contribution in [2.45, 2.75) is 45.3 Å². The summed E-state index contributed by atoms with van der Waals surface area (Å²) in [4.78, 5) is 12.3. The molecule has 0 N–H and O–H groups in total. The number of carbonyl (C=O) groups is 1. The number of ketones is 1. The van der Waals surface area contributed by atoms with E-state index in [2.05, 4.69) is 27.4 Å². The average Bonchev–Trinajstić information content (AvgIpc) is 2.83. The summed E-state index contributed by atoms with van der Waals surface area (Å²) < 4.78 is 5.81. The molecule has 0 unspecified atom stereocenters. The average molecular weight is 206 g/mol. The number of ether oxygens (including phenoxy) is 1. The fraction of sp³-hybridized carbons (Fsp3) is 0.769. The summed E-state index contributed by atoms with van der Waals surface area (Å²) in [7, 11) is 0. The maximum absolute atomic E-state index is 12.3. The van der Waals surface area contributed by atoms with Gasteiger partial charge in [-0.1, -0.05) is 19.9 Å². The van der Waals surface area contributed by atoms with Crippen LogP contribution in [0.15, 0.2) is 12.7 Å². The van der Waals surface area contributed by atoms with Crippen molar-refractivity contribution in [3.05, 3.63) is 12.7 Å². The van der Waals surface area contributed by atoms with Crippen LogP contribution in [0.4, 0.5) is 0 Å². The van der Waals surface area contributed by atoms with E-state index in [0.29, 0.717) is 11.9 Å². The molecule has 3 aliphatic carbocycles. The highest BCUT2D eigenvalue weighted by Gasteiger charge is 2.85. The first kappa shape index (κ1) is 9.59. The van der Waals surface area contributed by atoms with Gasteiger partial charge in [0.2, 0.25) is 0 Å². The first-order chi connectivity index (χ1) is 6.92. The third-order valence-corrected chi connectivity index (χ3v) is 5.40. The van der Waals surface area contributed by atoms with Gasteiger partial charge in [0.1, 0.15) is 11.4 Å². The molecule has 0 aromatic carbocycles. The second-order valence-electron chi connectivity index (χ2n) is 5.99. The smallest absolute Gasteiger partial charge is 0.146 e. The maximum atomic E-state index is 12.3. The van der Waals surface area contributed by atoms with Gasteiger partial charge in [0.05, 0.1) is 11.5 Å². The second kappa shape index (κ2) is 2.22. The maximum Gasteiger partial charge on any atom is 0.146 e. The van der Waals surface area contributed by atoms with Crippen molar-refractivity contribution in [1.82, 2.24) is 0 Å². The van der Waals surface area contributed by atoms with E-state index >= 15 is 0 Å². The fourth-order valence-electron chi connectivity index (χ4n) is 4.36. The lowest BCUT2D eigenvalue weighted by atomic mass is 9.35. The molecular formula is C13H18O2. The van der Waals surface area contributed by atoms with Gasteiger partial charge in [-0.3, -0.25) is 4.79 Å². The summed E-state index contributed by atoms with van der Waals surface area (Å²) in [5.74, 6) is 0.640. The van der Waals surface area contributed by atoms with Gasteiger partial charge < -0.3 is 4.74 Å². The summed E-state index contributed by atoms with van der Waals surface area (Å²) in [6.45, 7) is 10.3. The van der Waals surface area contributed by atoms with Gasteiger partial charge in [-0.15, -0.1) is 6.58 Å². The van der Waals surface area contributed by atoms with E-state index in [4.69, 9.17) is 4.74 Å². The molecule has 0 radical (unpaired) electrons. The molecule has 4 atom stereocenters. The topological polar surface area (TPSA) is 29.6 Å². The molecule has 15 heavy (non-hydrogen) atoms. The molecule has 0 aromatic heterocycles. The van der Waals surface area contributed by atoms with Gasteiger partial charge in [-0.25, -0.2) is 0 Å². The van der Waals surface area contributed by atoms with Gasteiger partial charge in [0.15, 0.2) is 0 Å². The van der Waals surface area contributed by atoms with Crippen molar-refractivity contribution in [1.29, 1.82) is 0 Å². The summed E-state index contributed by atoms with van der Waals surface area (Å²) in [5, 5.41) is 0. The Morgan fingerprint density at radius 2 is 2.20 bits per heavy atom. The molecule has 1 saturated heterocycles. The van der Waals surface area contributed by atoms with Crippen LogP contribution in [0.3, 0.4) is 0 Å². The predicted octanol–water partition coefficient (Wildman–Crippen LogP) is 2.34. The van der Waals surface area contributed by atoms with Crippen molar-refractivity contribution < 1.29 is 9.53 Å². The van der Waals surface area contributed by atoms with Crippen molar-refractivity contribution in [2.75, 3.05) is 0 Å². The van der Waals surface area contributed by atoms with Crippen LogP contribution in [0.2, 0.25) is 0 Å². The lowest BCUT2D eigenvalue weighted by Gasteiger charge is -2.64. The van der Waals surface area contributed by atoms with Crippen molar-refractivity contribution in [3.8, 4) is 0 Å². The Kier molecular flexibility index (Phi) is 1.42. The van der Waals surface area contributed by atoms with E-state index in [9.17, 15) is 4.79 Å². The van der Waals surface area contributed by atoms with Crippen LogP contribution in [0, 0.1) is 16.7 Å². The molecule has 2 bridgehead atoms. The molecule has 1 aliphatic heterocycles. The third kappa shape index (κ3) is 0.681. The van der Waals surface area contributed by atoms with E-state index in [1.54, 1.807) is 0 Å². The highest BCUT2D eigenvalue weighted by Crippen LogP contribution is 2.76. The molecule has 2 heteroatoms. The standard InChI is InChI=1S/C13H18O2/c1-5-6-13-10(14)8(11(13,2)3)7-9-12(13,4)15-9/h5,8-9H,1,6-7H2,2-4H3/t8-,9-,12-,13+/m0/s1. The molecule has 0 amide bonds. The number of epoxide rings is 1. The van der Waals surface area contributed by atoms with Crippen LogP contribution < -0.4 is 0 Å².